The molecule has 0 radical (unpaired) electrons. The van der Waals surface area contributed by atoms with Gasteiger partial charge in [0, 0.05) is 13.0 Å². The second-order valence-electron chi connectivity index (χ2n) is 6.18. The summed E-state index contributed by atoms with van der Waals surface area (Å²) < 4.78 is 11.4. The van der Waals surface area contributed by atoms with Crippen LogP contribution in [0, 0.1) is 5.92 Å². The number of hydrogen-bond acceptors (Lipinski definition) is 3. The van der Waals surface area contributed by atoms with Crippen molar-refractivity contribution in [3.8, 4) is 0 Å². The topological polar surface area (TPSA) is 42.6 Å². The predicted octanol–water partition coefficient (Wildman–Crippen LogP) is 3.31. The third kappa shape index (κ3) is 3.03. The van der Waals surface area contributed by atoms with Crippen molar-refractivity contribution in [1.29, 1.82) is 0 Å². The number of ether oxygens (including phenoxy) is 1. The van der Waals surface area contributed by atoms with E-state index in [1.54, 1.807) is 6.26 Å². The minimum atomic E-state index is -0.216. The highest BCUT2D eigenvalue weighted by atomic mass is 16.5. The molecule has 3 nitrogen and oxygen atoms in total. The van der Waals surface area contributed by atoms with Crippen LogP contribution in [0.3, 0.4) is 0 Å². The molecule has 1 aromatic heterocycles. The summed E-state index contributed by atoms with van der Waals surface area (Å²) in [7, 11) is 0. The molecule has 3 rings (SSSR count). The van der Waals surface area contributed by atoms with Gasteiger partial charge >= 0.3 is 0 Å². The zero-order valence-electron chi connectivity index (χ0n) is 11.5. The van der Waals surface area contributed by atoms with Crippen LogP contribution < -0.4 is 0 Å². The van der Waals surface area contributed by atoms with E-state index in [-0.39, 0.29) is 11.7 Å². The lowest BCUT2D eigenvalue weighted by Crippen LogP contribution is -2.41. The van der Waals surface area contributed by atoms with E-state index in [1.165, 1.54) is 25.7 Å². The van der Waals surface area contributed by atoms with E-state index in [0.29, 0.717) is 5.92 Å². The number of aliphatic hydroxyl groups is 1. The first-order valence-electron chi connectivity index (χ1n) is 7.62. The lowest BCUT2D eigenvalue weighted by molar-refractivity contribution is -0.113. The average molecular weight is 264 g/mol. The van der Waals surface area contributed by atoms with Crippen LogP contribution in [0.5, 0.6) is 0 Å². The maximum atomic E-state index is 10.4. The van der Waals surface area contributed by atoms with Crippen LogP contribution >= 0.6 is 0 Å². The van der Waals surface area contributed by atoms with Crippen molar-refractivity contribution in [3.05, 3.63) is 24.2 Å². The normalized spacial score (nSPS) is 27.7. The summed E-state index contributed by atoms with van der Waals surface area (Å²) in [6.07, 6.45) is 10.1. The standard InChI is InChI=1S/C16H24O3/c17-15(6-5-14-4-3-10-18-14)13-7-11-19-16(12-13)8-1-2-9-16/h3-4,10,13,15,17H,1-2,5-9,11-12H2. The van der Waals surface area contributed by atoms with Crippen LogP contribution in [-0.4, -0.2) is 23.4 Å². The molecule has 2 atom stereocenters. The number of furan rings is 1. The molecule has 2 unspecified atom stereocenters. The Morgan fingerprint density at radius 3 is 2.95 bits per heavy atom. The minimum absolute atomic E-state index is 0.106. The molecule has 1 aliphatic carbocycles. The molecule has 0 aromatic carbocycles. The molecule has 106 valence electrons. The summed E-state index contributed by atoms with van der Waals surface area (Å²) in [5, 5.41) is 10.4. The lowest BCUT2D eigenvalue weighted by Gasteiger charge is -2.40. The Balaban J connectivity index is 1.52. The van der Waals surface area contributed by atoms with E-state index in [4.69, 9.17) is 9.15 Å². The lowest BCUT2D eigenvalue weighted by atomic mass is 9.80. The Labute approximate surface area is 115 Å². The van der Waals surface area contributed by atoms with E-state index in [9.17, 15) is 5.11 Å². The fourth-order valence-corrected chi connectivity index (χ4v) is 3.74. The van der Waals surface area contributed by atoms with E-state index in [2.05, 4.69) is 0 Å². The molecule has 0 bridgehead atoms. The molecule has 2 heterocycles. The Hall–Kier alpha value is -0.800. The third-order valence-electron chi connectivity index (χ3n) is 4.86. The summed E-state index contributed by atoms with van der Waals surface area (Å²) in [5.41, 5.74) is 0.106. The van der Waals surface area contributed by atoms with Crippen LogP contribution in [0.4, 0.5) is 0 Å². The molecule has 1 saturated carbocycles. The number of hydrogen-bond donors (Lipinski definition) is 1. The van der Waals surface area contributed by atoms with Crippen molar-refractivity contribution in [2.75, 3.05) is 6.61 Å². The van der Waals surface area contributed by atoms with Crippen LogP contribution in [0.15, 0.2) is 22.8 Å². The molecule has 2 aliphatic rings. The summed E-state index contributed by atoms with van der Waals surface area (Å²) in [5.74, 6) is 1.38. The summed E-state index contributed by atoms with van der Waals surface area (Å²) in [4.78, 5) is 0. The zero-order chi connectivity index (χ0) is 13.1. The van der Waals surface area contributed by atoms with Gasteiger partial charge in [0.25, 0.3) is 0 Å². The van der Waals surface area contributed by atoms with Gasteiger partial charge in [-0.15, -0.1) is 0 Å². The van der Waals surface area contributed by atoms with Gasteiger partial charge in [-0.2, -0.15) is 0 Å². The molecule has 1 aromatic rings. The Bertz CT molecular complexity index is 379. The Morgan fingerprint density at radius 1 is 1.37 bits per heavy atom. The van der Waals surface area contributed by atoms with Crippen LogP contribution in [0.25, 0.3) is 0 Å². The molecule has 0 amide bonds. The molecular formula is C16H24O3. The van der Waals surface area contributed by atoms with Gasteiger partial charge in [-0.3, -0.25) is 0 Å². The monoisotopic (exact) mass is 264 g/mol. The van der Waals surface area contributed by atoms with Crippen molar-refractivity contribution in [3.63, 3.8) is 0 Å². The highest BCUT2D eigenvalue weighted by molar-refractivity contribution is 4.99. The van der Waals surface area contributed by atoms with Gasteiger partial charge in [0.2, 0.25) is 0 Å². The second-order valence-corrected chi connectivity index (χ2v) is 6.18. The molecule has 1 saturated heterocycles. The molecule has 3 heteroatoms. The molecule has 1 aliphatic heterocycles. The first-order chi connectivity index (χ1) is 9.27. The Morgan fingerprint density at radius 2 is 2.21 bits per heavy atom. The second kappa shape index (κ2) is 5.68. The van der Waals surface area contributed by atoms with Gasteiger partial charge in [-0.05, 0) is 50.2 Å². The minimum Gasteiger partial charge on any atom is -0.469 e. The molecule has 1 N–H and O–H groups in total. The first kappa shape index (κ1) is 13.2. The number of aryl methyl sites for hydroxylation is 1. The van der Waals surface area contributed by atoms with Gasteiger partial charge < -0.3 is 14.3 Å². The van der Waals surface area contributed by atoms with E-state index < -0.39 is 0 Å². The summed E-state index contributed by atoms with van der Waals surface area (Å²) in [6.45, 7) is 0.822. The van der Waals surface area contributed by atoms with E-state index in [0.717, 1.165) is 38.1 Å². The SMILES string of the molecule is OC(CCc1ccco1)C1CCOC2(CCCC2)C1. The zero-order valence-corrected chi connectivity index (χ0v) is 11.5. The van der Waals surface area contributed by atoms with Gasteiger partial charge in [-0.25, -0.2) is 0 Å². The molecule has 1 spiro atoms. The summed E-state index contributed by atoms with van der Waals surface area (Å²) >= 11 is 0. The van der Waals surface area contributed by atoms with Crippen molar-refractivity contribution in [1.82, 2.24) is 0 Å². The maximum Gasteiger partial charge on any atom is 0.103 e. The number of aliphatic hydroxyl groups excluding tert-OH is 1. The molecule has 19 heavy (non-hydrogen) atoms. The van der Waals surface area contributed by atoms with E-state index in [1.807, 2.05) is 12.1 Å². The summed E-state index contributed by atoms with van der Waals surface area (Å²) in [6, 6.07) is 3.89. The van der Waals surface area contributed by atoms with Crippen LogP contribution in [0.1, 0.15) is 50.7 Å². The number of rotatable bonds is 4. The quantitative estimate of drug-likeness (QED) is 0.907. The Kier molecular flexibility index (Phi) is 3.94. The smallest absolute Gasteiger partial charge is 0.103 e. The predicted molar refractivity (Wildman–Crippen MR) is 72.9 cm³/mol. The largest absolute Gasteiger partial charge is 0.469 e. The fraction of sp³-hybridized carbons (Fsp3) is 0.750. The highest BCUT2D eigenvalue weighted by Gasteiger charge is 2.41. The van der Waals surface area contributed by atoms with Crippen molar-refractivity contribution >= 4 is 0 Å². The van der Waals surface area contributed by atoms with Crippen molar-refractivity contribution in [2.45, 2.75) is 63.1 Å². The van der Waals surface area contributed by atoms with Gasteiger partial charge in [0.05, 0.1) is 18.0 Å². The highest BCUT2D eigenvalue weighted by Crippen LogP contribution is 2.43. The van der Waals surface area contributed by atoms with E-state index >= 15 is 0 Å². The average Bonchev–Trinajstić information content (AvgIpc) is 3.08. The fourth-order valence-electron chi connectivity index (χ4n) is 3.74. The van der Waals surface area contributed by atoms with Crippen molar-refractivity contribution in [2.24, 2.45) is 5.92 Å². The molecule has 2 fully saturated rings. The van der Waals surface area contributed by atoms with Crippen molar-refractivity contribution < 1.29 is 14.3 Å². The maximum absolute atomic E-state index is 10.4. The van der Waals surface area contributed by atoms with Gasteiger partial charge in [-0.1, -0.05) is 12.8 Å². The third-order valence-corrected chi connectivity index (χ3v) is 4.86. The van der Waals surface area contributed by atoms with Crippen LogP contribution in [0.2, 0.25) is 0 Å². The van der Waals surface area contributed by atoms with Gasteiger partial charge in [0.15, 0.2) is 0 Å². The molecular weight excluding hydrogens is 240 g/mol. The first-order valence-corrected chi connectivity index (χ1v) is 7.62. The van der Waals surface area contributed by atoms with Crippen LogP contribution in [-0.2, 0) is 11.2 Å². The van der Waals surface area contributed by atoms with Gasteiger partial charge in [0.1, 0.15) is 5.76 Å².